The summed E-state index contributed by atoms with van der Waals surface area (Å²) in [5.74, 6) is -0.264. The molecule has 88 valence electrons. The van der Waals surface area contributed by atoms with Crippen molar-refractivity contribution in [2.24, 2.45) is 17.6 Å². The van der Waals surface area contributed by atoms with Crippen molar-refractivity contribution in [3.8, 4) is 0 Å². The molecule has 0 saturated heterocycles. The summed E-state index contributed by atoms with van der Waals surface area (Å²) in [6.45, 7) is 6.62. The second kappa shape index (κ2) is 7.06. The Morgan fingerprint density at radius 1 is 1.47 bits per heavy atom. The molecule has 0 radical (unpaired) electrons. The zero-order valence-electron chi connectivity index (χ0n) is 9.74. The van der Waals surface area contributed by atoms with E-state index < -0.39 is 0 Å². The summed E-state index contributed by atoms with van der Waals surface area (Å²) < 4.78 is 0. The zero-order valence-corrected chi connectivity index (χ0v) is 11.4. The number of thioether (sulfide) groups is 1. The van der Waals surface area contributed by atoms with Gasteiger partial charge in [0, 0.05) is 11.8 Å². The molecule has 0 aromatic carbocycles. The van der Waals surface area contributed by atoms with Crippen LogP contribution in [-0.2, 0) is 4.79 Å². The van der Waals surface area contributed by atoms with Gasteiger partial charge in [0.15, 0.2) is 0 Å². The van der Waals surface area contributed by atoms with Crippen molar-refractivity contribution in [2.45, 2.75) is 26.0 Å². The first-order valence-electron chi connectivity index (χ1n) is 5.00. The largest absolute Gasteiger partial charge is 0.393 e. The van der Waals surface area contributed by atoms with Gasteiger partial charge in [0.1, 0.15) is 0 Å². The van der Waals surface area contributed by atoms with Crippen LogP contribution in [0.3, 0.4) is 0 Å². The highest BCUT2D eigenvalue weighted by molar-refractivity contribution is 7.99. The third-order valence-electron chi connectivity index (χ3n) is 2.22. The maximum absolute atomic E-state index is 11.8. The van der Waals surface area contributed by atoms with Crippen LogP contribution in [0.15, 0.2) is 0 Å². The van der Waals surface area contributed by atoms with Gasteiger partial charge in [-0.05, 0) is 12.2 Å². The second-order valence-corrected chi connectivity index (χ2v) is 5.66. The Morgan fingerprint density at radius 2 is 2.00 bits per heavy atom. The molecular formula is C10H20N2OS2. The van der Waals surface area contributed by atoms with E-state index in [-0.39, 0.29) is 22.7 Å². The lowest BCUT2D eigenvalue weighted by Crippen LogP contribution is -2.42. The number of hydrogen-bond acceptors (Lipinski definition) is 3. The average Bonchev–Trinajstić information content (AvgIpc) is 2.12. The molecule has 0 aromatic rings. The summed E-state index contributed by atoms with van der Waals surface area (Å²) in [7, 11) is 0. The lowest BCUT2D eigenvalue weighted by Gasteiger charge is -2.19. The number of carbonyl (C=O) groups excluding carboxylic acids is 1. The Hall–Kier alpha value is -0.290. The fourth-order valence-electron chi connectivity index (χ4n) is 1.20. The molecule has 0 aliphatic heterocycles. The van der Waals surface area contributed by atoms with E-state index in [0.29, 0.717) is 11.8 Å². The number of thiocarbonyl (C=S) groups is 1. The zero-order chi connectivity index (χ0) is 12.0. The molecular weight excluding hydrogens is 228 g/mol. The third-order valence-corrected chi connectivity index (χ3v) is 3.45. The Morgan fingerprint density at radius 3 is 2.33 bits per heavy atom. The highest BCUT2D eigenvalue weighted by Gasteiger charge is 2.24. The number of amides is 1. The quantitative estimate of drug-likeness (QED) is 0.698. The molecule has 0 aromatic heterocycles. The van der Waals surface area contributed by atoms with Gasteiger partial charge >= 0.3 is 0 Å². The van der Waals surface area contributed by atoms with E-state index in [4.69, 9.17) is 18.0 Å². The summed E-state index contributed by atoms with van der Waals surface area (Å²) >= 11 is 6.61. The van der Waals surface area contributed by atoms with E-state index in [9.17, 15) is 4.79 Å². The first kappa shape index (κ1) is 14.7. The van der Waals surface area contributed by atoms with Crippen molar-refractivity contribution in [2.75, 3.05) is 12.8 Å². The summed E-state index contributed by atoms with van der Waals surface area (Å²) in [6, 6.07) is 0. The van der Waals surface area contributed by atoms with Gasteiger partial charge in [-0.25, -0.2) is 0 Å². The highest BCUT2D eigenvalue weighted by atomic mass is 32.2. The molecule has 0 rings (SSSR count). The Balaban J connectivity index is 4.22. The molecule has 0 fully saturated rings. The lowest BCUT2D eigenvalue weighted by molar-refractivity contribution is -0.123. The van der Waals surface area contributed by atoms with Crippen molar-refractivity contribution in [3.63, 3.8) is 0 Å². The molecule has 0 saturated carbocycles. The summed E-state index contributed by atoms with van der Waals surface area (Å²) in [5, 5.41) is 3.28. The van der Waals surface area contributed by atoms with Gasteiger partial charge < -0.3 is 11.1 Å². The predicted molar refractivity (Wildman–Crippen MR) is 71.1 cm³/mol. The summed E-state index contributed by atoms with van der Waals surface area (Å²) in [4.78, 5) is 12.0. The van der Waals surface area contributed by atoms with Gasteiger partial charge in [0.2, 0.25) is 5.91 Å². The number of hydrogen-bond donors (Lipinski definition) is 2. The maximum atomic E-state index is 11.8. The molecule has 2 atom stereocenters. The molecule has 0 bridgehead atoms. The minimum Gasteiger partial charge on any atom is -0.393 e. The van der Waals surface area contributed by atoms with Crippen LogP contribution in [0.25, 0.3) is 0 Å². The fourth-order valence-corrected chi connectivity index (χ4v) is 1.83. The van der Waals surface area contributed by atoms with E-state index in [2.05, 4.69) is 12.2 Å². The molecule has 3 nitrogen and oxygen atoms in total. The van der Waals surface area contributed by atoms with Crippen LogP contribution in [0, 0.1) is 11.8 Å². The normalized spacial score (nSPS) is 14.7. The van der Waals surface area contributed by atoms with Gasteiger partial charge in [-0.3, -0.25) is 4.79 Å². The fraction of sp³-hybridized carbons (Fsp3) is 0.800. The van der Waals surface area contributed by atoms with Crippen LogP contribution in [0.1, 0.15) is 20.8 Å². The van der Waals surface area contributed by atoms with E-state index in [1.54, 1.807) is 11.8 Å². The van der Waals surface area contributed by atoms with E-state index in [1.165, 1.54) is 0 Å². The van der Waals surface area contributed by atoms with Crippen molar-refractivity contribution in [1.29, 1.82) is 0 Å². The van der Waals surface area contributed by atoms with Crippen LogP contribution in [0.2, 0.25) is 0 Å². The lowest BCUT2D eigenvalue weighted by atomic mass is 9.95. The molecule has 0 aliphatic carbocycles. The minimum absolute atomic E-state index is 0.0570. The molecule has 0 heterocycles. The average molecular weight is 248 g/mol. The Bertz CT molecular complexity index is 231. The molecule has 0 aliphatic rings. The Labute approximate surface area is 102 Å². The van der Waals surface area contributed by atoms with E-state index >= 15 is 0 Å². The molecule has 1 amide bonds. The van der Waals surface area contributed by atoms with Gasteiger partial charge in [-0.15, -0.1) is 0 Å². The van der Waals surface area contributed by atoms with Gasteiger partial charge in [-0.1, -0.05) is 33.0 Å². The van der Waals surface area contributed by atoms with Gasteiger partial charge in [0.05, 0.1) is 10.9 Å². The second-order valence-electron chi connectivity index (χ2n) is 3.92. The predicted octanol–water partition coefficient (Wildman–Crippen LogP) is 1.41. The molecule has 3 N–H and O–H groups in total. The standard InChI is InChI=1S/C10H20N2OS2/c1-6(2)8(9(11)14)10(13)12-5-7(3)15-4/h6-8H,5H2,1-4H3,(H2,11,14)(H,12,13). The first-order chi connectivity index (χ1) is 6.90. The molecule has 5 heteroatoms. The smallest absolute Gasteiger partial charge is 0.230 e. The number of nitrogens with one attached hydrogen (secondary N) is 1. The van der Waals surface area contributed by atoms with E-state index in [0.717, 1.165) is 0 Å². The van der Waals surface area contributed by atoms with Crippen molar-refractivity contribution in [1.82, 2.24) is 5.32 Å². The SMILES string of the molecule is CSC(C)CNC(=O)C(C(N)=S)C(C)C. The minimum atomic E-state index is -0.353. The van der Waals surface area contributed by atoms with Crippen LogP contribution in [-0.4, -0.2) is 28.9 Å². The van der Waals surface area contributed by atoms with Crippen LogP contribution in [0.4, 0.5) is 0 Å². The maximum Gasteiger partial charge on any atom is 0.230 e. The molecule has 2 unspecified atom stereocenters. The van der Waals surface area contributed by atoms with Crippen molar-refractivity contribution < 1.29 is 4.79 Å². The number of rotatable bonds is 6. The van der Waals surface area contributed by atoms with Crippen molar-refractivity contribution >= 4 is 34.9 Å². The van der Waals surface area contributed by atoms with Crippen LogP contribution in [0.5, 0.6) is 0 Å². The topological polar surface area (TPSA) is 55.1 Å². The van der Waals surface area contributed by atoms with E-state index in [1.807, 2.05) is 20.1 Å². The third kappa shape index (κ3) is 5.37. The Kier molecular flexibility index (Phi) is 6.92. The van der Waals surface area contributed by atoms with Crippen LogP contribution >= 0.6 is 24.0 Å². The van der Waals surface area contributed by atoms with Gasteiger partial charge in [-0.2, -0.15) is 11.8 Å². The summed E-state index contributed by atoms with van der Waals surface area (Å²) in [6.07, 6.45) is 2.02. The van der Waals surface area contributed by atoms with Gasteiger partial charge in [0.25, 0.3) is 0 Å². The molecule has 15 heavy (non-hydrogen) atoms. The molecule has 0 spiro atoms. The first-order valence-corrected chi connectivity index (χ1v) is 6.69. The highest BCUT2D eigenvalue weighted by Crippen LogP contribution is 2.12. The van der Waals surface area contributed by atoms with Crippen molar-refractivity contribution in [3.05, 3.63) is 0 Å². The van der Waals surface area contributed by atoms with Crippen LogP contribution < -0.4 is 11.1 Å². The summed E-state index contributed by atoms with van der Waals surface area (Å²) in [5.41, 5.74) is 5.54. The monoisotopic (exact) mass is 248 g/mol. The number of carbonyl (C=O) groups is 1. The number of nitrogens with two attached hydrogens (primary N) is 1.